The predicted octanol–water partition coefficient (Wildman–Crippen LogP) is 3.74. The van der Waals surface area contributed by atoms with E-state index in [1.807, 2.05) is 50.4 Å². The Morgan fingerprint density at radius 2 is 2.10 bits per heavy atom. The zero-order chi connectivity index (χ0) is 27.8. The molecule has 0 saturated heterocycles. The molecule has 39 heavy (non-hydrogen) atoms. The lowest BCUT2D eigenvalue weighted by Gasteiger charge is -2.18. The zero-order valence-electron chi connectivity index (χ0n) is 22.2. The number of hydrogen-bond acceptors (Lipinski definition) is 8. The van der Waals surface area contributed by atoms with Crippen LogP contribution in [0.15, 0.2) is 47.6 Å². The standard InChI is InChI=1S/C28H34N10O/c1-18-7-11-25(38(31)17-34-30)19(14-18)8-12-26(39)35-22-6-4-3-5-13-33-23-15-20(32-2)9-10-21(23)27-24(16-29)36-28(22)37-27/h7-12,14-15,17,22,32-33H,3-6,13,30-31H2,1-2H3,(H,35,39)(H,36,37)/b12-8+,34-17-/t22-/m0/s1. The fraction of sp³-hybridized carbons (Fsp3) is 0.286. The van der Waals surface area contributed by atoms with E-state index in [1.54, 1.807) is 6.08 Å². The SMILES string of the molecule is CNc1ccc2c(c1)NCCCCC[C@H](NC(=O)/C=C/c1cc(C)ccc1N(N)/C=N\N)c1nc-2c(C#N)[nH]1. The second-order valence-corrected chi connectivity index (χ2v) is 9.37. The van der Waals surface area contributed by atoms with Gasteiger partial charge in [0.25, 0.3) is 0 Å². The Morgan fingerprint density at radius 3 is 2.87 bits per heavy atom. The van der Waals surface area contributed by atoms with Crippen molar-refractivity contribution in [2.45, 2.75) is 38.6 Å². The van der Waals surface area contributed by atoms with Crippen molar-refractivity contribution in [3.05, 3.63) is 65.1 Å². The number of aromatic amines is 1. The molecular formula is C28H34N10O. The zero-order valence-corrected chi connectivity index (χ0v) is 22.2. The summed E-state index contributed by atoms with van der Waals surface area (Å²) in [6, 6.07) is 13.4. The van der Waals surface area contributed by atoms with Crippen molar-refractivity contribution in [2.24, 2.45) is 16.8 Å². The first-order valence-electron chi connectivity index (χ1n) is 12.9. The number of carbonyl (C=O) groups is 1. The highest BCUT2D eigenvalue weighted by Crippen LogP contribution is 2.33. The lowest BCUT2D eigenvalue weighted by Crippen LogP contribution is -2.30. The van der Waals surface area contributed by atoms with Gasteiger partial charge in [-0.1, -0.05) is 24.5 Å². The molecule has 0 saturated carbocycles. The van der Waals surface area contributed by atoms with E-state index < -0.39 is 0 Å². The maximum atomic E-state index is 13.1. The van der Waals surface area contributed by atoms with Crippen molar-refractivity contribution in [2.75, 3.05) is 29.2 Å². The van der Waals surface area contributed by atoms with Gasteiger partial charge in [0, 0.05) is 42.2 Å². The van der Waals surface area contributed by atoms with Crippen LogP contribution in [0.5, 0.6) is 0 Å². The maximum absolute atomic E-state index is 13.1. The van der Waals surface area contributed by atoms with Gasteiger partial charge in [0.2, 0.25) is 5.91 Å². The molecule has 2 heterocycles. The summed E-state index contributed by atoms with van der Waals surface area (Å²) in [5.41, 5.74) is 6.01. The van der Waals surface area contributed by atoms with Crippen molar-refractivity contribution in [1.82, 2.24) is 15.3 Å². The van der Waals surface area contributed by atoms with Gasteiger partial charge in [-0.3, -0.25) is 9.80 Å². The van der Waals surface area contributed by atoms with Crippen molar-refractivity contribution >= 4 is 35.4 Å². The molecule has 2 aromatic carbocycles. The Labute approximate surface area is 228 Å². The first-order valence-corrected chi connectivity index (χ1v) is 12.9. The molecule has 1 amide bonds. The molecule has 1 aliphatic rings. The summed E-state index contributed by atoms with van der Waals surface area (Å²) in [6.07, 6.45) is 7.99. The second kappa shape index (κ2) is 12.6. The number of nitrogens with two attached hydrogens (primary N) is 2. The number of hydrazone groups is 1. The van der Waals surface area contributed by atoms with Crippen LogP contribution in [-0.2, 0) is 4.79 Å². The monoisotopic (exact) mass is 526 g/mol. The fourth-order valence-corrected chi connectivity index (χ4v) is 4.60. The number of benzene rings is 2. The number of imidazole rings is 1. The summed E-state index contributed by atoms with van der Waals surface area (Å²) in [6.45, 7) is 2.75. The topological polar surface area (TPSA) is 173 Å². The Hall–Kier alpha value is -4.82. The number of fused-ring (bicyclic) bond motifs is 4. The van der Waals surface area contributed by atoms with E-state index in [-0.39, 0.29) is 11.9 Å². The number of nitrogens with zero attached hydrogens (tertiary/aromatic N) is 4. The van der Waals surface area contributed by atoms with Crippen LogP contribution in [0.2, 0.25) is 0 Å². The van der Waals surface area contributed by atoms with E-state index in [0.717, 1.165) is 53.9 Å². The molecule has 0 aliphatic carbocycles. The molecule has 1 aromatic heterocycles. The van der Waals surface area contributed by atoms with E-state index in [4.69, 9.17) is 16.7 Å². The number of aryl methyl sites for hydroxylation is 1. The quantitative estimate of drug-likeness (QED) is 0.0926. The van der Waals surface area contributed by atoms with E-state index in [2.05, 4.69) is 32.1 Å². The molecule has 11 heteroatoms. The smallest absolute Gasteiger partial charge is 0.244 e. The van der Waals surface area contributed by atoms with Gasteiger partial charge in [0.05, 0.1) is 11.7 Å². The van der Waals surface area contributed by atoms with Crippen LogP contribution in [0.3, 0.4) is 0 Å². The summed E-state index contributed by atoms with van der Waals surface area (Å²) in [4.78, 5) is 21.0. The van der Waals surface area contributed by atoms with Crippen molar-refractivity contribution in [3.8, 4) is 17.3 Å². The van der Waals surface area contributed by atoms with Crippen LogP contribution in [-0.4, -0.2) is 35.8 Å². The Balaban J connectivity index is 1.63. The Kier molecular flexibility index (Phi) is 8.81. The van der Waals surface area contributed by atoms with Crippen LogP contribution in [0, 0.1) is 18.3 Å². The van der Waals surface area contributed by atoms with Gasteiger partial charge in [-0.2, -0.15) is 10.4 Å². The van der Waals surface area contributed by atoms with Crippen molar-refractivity contribution in [3.63, 3.8) is 0 Å². The van der Waals surface area contributed by atoms with Gasteiger partial charge in [-0.15, -0.1) is 0 Å². The Morgan fingerprint density at radius 1 is 1.26 bits per heavy atom. The maximum Gasteiger partial charge on any atom is 0.244 e. The molecule has 4 rings (SSSR count). The number of rotatable bonds is 6. The van der Waals surface area contributed by atoms with Crippen LogP contribution in [0.1, 0.15) is 54.4 Å². The number of H-pyrrole nitrogens is 1. The third-order valence-electron chi connectivity index (χ3n) is 6.60. The molecule has 3 aromatic rings. The van der Waals surface area contributed by atoms with E-state index in [9.17, 15) is 10.1 Å². The summed E-state index contributed by atoms with van der Waals surface area (Å²) in [5.74, 6) is 11.5. The predicted molar refractivity (Wildman–Crippen MR) is 156 cm³/mol. The van der Waals surface area contributed by atoms with Crippen LogP contribution >= 0.6 is 0 Å². The lowest BCUT2D eigenvalue weighted by atomic mass is 10.0. The minimum Gasteiger partial charge on any atom is -0.388 e. The number of hydrogen-bond donors (Lipinski definition) is 6. The van der Waals surface area contributed by atoms with E-state index >= 15 is 0 Å². The van der Waals surface area contributed by atoms with Crippen LogP contribution in [0.25, 0.3) is 17.3 Å². The summed E-state index contributed by atoms with van der Waals surface area (Å²) in [7, 11) is 1.87. The summed E-state index contributed by atoms with van der Waals surface area (Å²) in [5, 5.41) is 24.4. The number of anilines is 3. The molecule has 0 radical (unpaired) electrons. The van der Waals surface area contributed by atoms with Gasteiger partial charge in [-0.25, -0.2) is 10.8 Å². The number of nitriles is 1. The first-order chi connectivity index (χ1) is 18.9. The number of aromatic nitrogens is 2. The highest BCUT2D eigenvalue weighted by Gasteiger charge is 2.23. The molecule has 0 fully saturated rings. The highest BCUT2D eigenvalue weighted by atomic mass is 16.1. The molecule has 1 aliphatic heterocycles. The third-order valence-corrected chi connectivity index (χ3v) is 6.60. The minimum atomic E-state index is -0.386. The first kappa shape index (κ1) is 27.2. The van der Waals surface area contributed by atoms with Gasteiger partial charge in [0.15, 0.2) is 0 Å². The number of carbonyl (C=O) groups excluding carboxylic acids is 1. The number of nitrogens with one attached hydrogen (secondary N) is 4. The third kappa shape index (κ3) is 6.55. The fourth-order valence-electron chi connectivity index (χ4n) is 4.60. The molecule has 11 nitrogen and oxygen atoms in total. The van der Waals surface area contributed by atoms with Crippen molar-refractivity contribution in [1.29, 1.82) is 5.26 Å². The average molecular weight is 527 g/mol. The van der Waals surface area contributed by atoms with Crippen molar-refractivity contribution < 1.29 is 4.79 Å². The number of hydrazine groups is 1. The normalized spacial score (nSPS) is 15.5. The largest absolute Gasteiger partial charge is 0.388 e. The minimum absolute atomic E-state index is 0.284. The summed E-state index contributed by atoms with van der Waals surface area (Å²) >= 11 is 0. The van der Waals surface area contributed by atoms with Crippen LogP contribution in [0.4, 0.5) is 17.1 Å². The molecule has 0 spiro atoms. The highest BCUT2D eigenvalue weighted by molar-refractivity contribution is 5.94. The Bertz CT molecular complexity index is 1420. The molecule has 1 atom stereocenters. The second-order valence-electron chi connectivity index (χ2n) is 9.37. The van der Waals surface area contributed by atoms with E-state index in [1.165, 1.54) is 17.4 Å². The summed E-state index contributed by atoms with van der Waals surface area (Å²) < 4.78 is 0. The molecule has 8 N–H and O–H groups in total. The molecular weight excluding hydrogens is 492 g/mol. The van der Waals surface area contributed by atoms with E-state index in [0.29, 0.717) is 29.3 Å². The molecule has 202 valence electrons. The van der Waals surface area contributed by atoms with Crippen LogP contribution < -0.4 is 32.6 Å². The average Bonchev–Trinajstić information content (AvgIpc) is 3.37. The lowest BCUT2D eigenvalue weighted by molar-refractivity contribution is -0.117. The van der Waals surface area contributed by atoms with Gasteiger partial charge in [-0.05, 0) is 56.2 Å². The van der Waals surface area contributed by atoms with Gasteiger partial charge < -0.3 is 26.8 Å². The van der Waals surface area contributed by atoms with Gasteiger partial charge in [0.1, 0.15) is 29.6 Å². The molecule has 2 bridgehead atoms. The molecule has 0 unspecified atom stereocenters. The number of amides is 1. The van der Waals surface area contributed by atoms with Gasteiger partial charge >= 0.3 is 0 Å².